The molecule has 0 atom stereocenters. The van der Waals surface area contributed by atoms with E-state index < -0.39 is 0 Å². The van der Waals surface area contributed by atoms with E-state index in [1.807, 2.05) is 11.8 Å². The van der Waals surface area contributed by atoms with Crippen LogP contribution in [0.3, 0.4) is 0 Å². The summed E-state index contributed by atoms with van der Waals surface area (Å²) in [7, 11) is 0. The van der Waals surface area contributed by atoms with E-state index in [2.05, 4.69) is 156 Å². The van der Waals surface area contributed by atoms with Gasteiger partial charge in [0, 0.05) is 26.7 Å². The van der Waals surface area contributed by atoms with E-state index in [1.54, 1.807) is 0 Å². The standard InChI is InChI=1S/C38H43N2S/c1-25(2)29-14-13-15-30(26(3)4)35(29)40-36(37(5,6)24-38(40,7)8)27-20-22-28(23-21-27)39-31-16-9-11-18-33(31)41-34-19-12-10-17-32(34)39/h9-23,25-26H,24H2,1-8H3. The van der Waals surface area contributed by atoms with Crippen molar-refractivity contribution in [3.05, 3.63) is 114 Å². The van der Waals surface area contributed by atoms with Gasteiger partial charge in [-0.1, -0.05) is 108 Å². The van der Waals surface area contributed by atoms with Crippen LogP contribution in [0.25, 0.3) is 0 Å². The van der Waals surface area contributed by atoms with Gasteiger partial charge in [-0.25, -0.2) is 0 Å². The summed E-state index contributed by atoms with van der Waals surface area (Å²) >= 11 is 1.86. The van der Waals surface area contributed by atoms with Crippen LogP contribution in [-0.2, 0) is 0 Å². The summed E-state index contributed by atoms with van der Waals surface area (Å²) in [4.78, 5) is 7.72. The maximum atomic E-state index is 2.72. The third-order valence-electron chi connectivity index (χ3n) is 8.74. The van der Waals surface area contributed by atoms with Crippen LogP contribution >= 0.6 is 11.8 Å². The average molecular weight is 560 g/mol. The first-order chi connectivity index (χ1) is 19.5. The summed E-state index contributed by atoms with van der Waals surface area (Å²) in [6.45, 7) is 19.0. The van der Waals surface area contributed by atoms with Crippen molar-refractivity contribution in [3.63, 3.8) is 0 Å². The first-order valence-electron chi connectivity index (χ1n) is 15.1. The number of fused-ring (bicyclic) bond motifs is 2. The third-order valence-corrected chi connectivity index (χ3v) is 9.87. The van der Waals surface area contributed by atoms with Gasteiger partial charge in [0.05, 0.1) is 17.4 Å². The Balaban J connectivity index is 1.48. The summed E-state index contributed by atoms with van der Waals surface area (Å²) in [6.07, 6.45) is 1.10. The van der Waals surface area contributed by atoms with Crippen molar-refractivity contribution in [2.45, 2.75) is 89.0 Å². The van der Waals surface area contributed by atoms with Crippen LogP contribution in [0, 0.1) is 11.5 Å². The SMILES string of the molecule is CC(C)c1cccc(C(C)C)c1N1[C](c2ccc(N3c4ccccc4Sc4ccccc43)cc2)C(C)(C)CC1(C)C. The quantitative estimate of drug-likeness (QED) is 0.211. The highest BCUT2D eigenvalue weighted by atomic mass is 32.2. The minimum atomic E-state index is -0.00584. The summed E-state index contributed by atoms with van der Waals surface area (Å²) in [5.41, 5.74) is 9.32. The lowest BCUT2D eigenvalue weighted by Crippen LogP contribution is -2.42. The van der Waals surface area contributed by atoms with Crippen LogP contribution in [-0.4, -0.2) is 5.54 Å². The second kappa shape index (κ2) is 10.3. The maximum absolute atomic E-state index is 2.72. The molecule has 0 unspecified atom stereocenters. The minimum Gasteiger partial charge on any atom is -0.353 e. The first kappa shape index (κ1) is 28.0. The maximum Gasteiger partial charge on any atom is 0.0989 e. The fraction of sp³-hybridized carbons (Fsp3) is 0.342. The molecule has 2 heterocycles. The van der Waals surface area contributed by atoms with E-state index in [4.69, 9.17) is 0 Å². The molecule has 0 aromatic heterocycles. The van der Waals surface area contributed by atoms with Gasteiger partial charge in [0.15, 0.2) is 0 Å². The van der Waals surface area contributed by atoms with Crippen molar-refractivity contribution in [1.29, 1.82) is 0 Å². The Morgan fingerprint density at radius 2 is 1.15 bits per heavy atom. The number of hydrogen-bond acceptors (Lipinski definition) is 3. The van der Waals surface area contributed by atoms with Crippen LogP contribution < -0.4 is 9.80 Å². The molecule has 4 aromatic rings. The smallest absolute Gasteiger partial charge is 0.0989 e. The van der Waals surface area contributed by atoms with E-state index in [-0.39, 0.29) is 11.0 Å². The zero-order valence-electron chi connectivity index (χ0n) is 25.8. The second-order valence-electron chi connectivity index (χ2n) is 13.6. The number of anilines is 4. The van der Waals surface area contributed by atoms with E-state index >= 15 is 0 Å². The molecular weight excluding hydrogens is 516 g/mol. The van der Waals surface area contributed by atoms with E-state index in [9.17, 15) is 0 Å². The number of hydrogen-bond donors (Lipinski definition) is 0. The van der Waals surface area contributed by atoms with Gasteiger partial charge in [-0.05, 0) is 90.6 Å². The molecule has 1 fully saturated rings. The van der Waals surface area contributed by atoms with Gasteiger partial charge < -0.3 is 9.80 Å². The predicted molar refractivity (Wildman–Crippen MR) is 177 cm³/mol. The topological polar surface area (TPSA) is 6.48 Å². The third kappa shape index (κ3) is 4.77. The molecule has 2 aliphatic heterocycles. The van der Waals surface area contributed by atoms with Crippen molar-refractivity contribution < 1.29 is 0 Å². The Labute approximate surface area is 251 Å². The van der Waals surface area contributed by atoms with Gasteiger partial charge in [0.25, 0.3) is 0 Å². The van der Waals surface area contributed by atoms with Crippen LogP contribution in [0.2, 0.25) is 0 Å². The van der Waals surface area contributed by atoms with Gasteiger partial charge >= 0.3 is 0 Å². The highest BCUT2D eigenvalue weighted by Crippen LogP contribution is 2.58. The first-order valence-corrected chi connectivity index (χ1v) is 15.9. The highest BCUT2D eigenvalue weighted by Gasteiger charge is 2.53. The van der Waals surface area contributed by atoms with E-state index in [0.29, 0.717) is 11.8 Å². The number of benzene rings is 4. The van der Waals surface area contributed by atoms with Gasteiger partial charge in [-0.15, -0.1) is 0 Å². The van der Waals surface area contributed by atoms with Gasteiger partial charge in [0.2, 0.25) is 0 Å². The molecule has 1 saturated heterocycles. The minimum absolute atomic E-state index is 0.00584. The largest absolute Gasteiger partial charge is 0.353 e. The Morgan fingerprint density at radius 3 is 1.66 bits per heavy atom. The lowest BCUT2D eigenvalue weighted by molar-refractivity contribution is 0.376. The summed E-state index contributed by atoms with van der Waals surface area (Å²) < 4.78 is 0. The summed E-state index contributed by atoms with van der Waals surface area (Å²) in [5.74, 6) is 0.896. The highest BCUT2D eigenvalue weighted by molar-refractivity contribution is 7.99. The van der Waals surface area contributed by atoms with Crippen LogP contribution in [0.1, 0.15) is 90.3 Å². The molecule has 0 bridgehead atoms. The molecule has 0 spiro atoms. The number of rotatable bonds is 5. The Morgan fingerprint density at radius 1 is 0.634 bits per heavy atom. The molecule has 0 N–H and O–H groups in total. The van der Waals surface area contributed by atoms with Crippen molar-refractivity contribution in [2.75, 3.05) is 9.80 Å². The molecule has 41 heavy (non-hydrogen) atoms. The van der Waals surface area contributed by atoms with Gasteiger partial charge in [0.1, 0.15) is 0 Å². The van der Waals surface area contributed by atoms with Crippen molar-refractivity contribution in [3.8, 4) is 0 Å². The molecule has 0 aliphatic carbocycles. The normalized spacial score (nSPS) is 17.7. The average Bonchev–Trinajstić information content (AvgIpc) is 3.13. The molecule has 211 valence electrons. The number of para-hydroxylation sites is 3. The van der Waals surface area contributed by atoms with Crippen LogP contribution in [0.5, 0.6) is 0 Å². The van der Waals surface area contributed by atoms with Crippen molar-refractivity contribution >= 4 is 34.5 Å². The lowest BCUT2D eigenvalue weighted by atomic mass is 9.78. The Hall–Kier alpha value is -3.17. The monoisotopic (exact) mass is 559 g/mol. The molecular formula is C38H43N2S. The molecule has 0 saturated carbocycles. The lowest BCUT2D eigenvalue weighted by Gasteiger charge is -2.42. The van der Waals surface area contributed by atoms with Crippen LogP contribution in [0.15, 0.2) is 101 Å². The fourth-order valence-corrected chi connectivity index (χ4v) is 8.36. The van der Waals surface area contributed by atoms with Gasteiger partial charge in [-0.3, -0.25) is 0 Å². The van der Waals surface area contributed by atoms with Gasteiger partial charge in [-0.2, -0.15) is 0 Å². The molecule has 4 aromatic carbocycles. The number of nitrogens with zero attached hydrogens (tertiary/aromatic N) is 2. The molecule has 1 radical (unpaired) electrons. The van der Waals surface area contributed by atoms with Crippen molar-refractivity contribution in [2.24, 2.45) is 5.41 Å². The zero-order chi connectivity index (χ0) is 29.1. The molecule has 2 aliphatic rings. The molecule has 3 heteroatoms. The fourth-order valence-electron chi connectivity index (χ4n) is 7.31. The Kier molecular flexibility index (Phi) is 7.01. The van der Waals surface area contributed by atoms with E-state index in [1.165, 1.54) is 55.3 Å². The van der Waals surface area contributed by atoms with Crippen LogP contribution in [0.4, 0.5) is 22.7 Å². The zero-order valence-corrected chi connectivity index (χ0v) is 26.6. The Bertz CT molecular complexity index is 1490. The van der Waals surface area contributed by atoms with Crippen molar-refractivity contribution in [1.82, 2.24) is 0 Å². The predicted octanol–water partition coefficient (Wildman–Crippen LogP) is 11.5. The molecule has 0 amide bonds. The summed E-state index contributed by atoms with van der Waals surface area (Å²) in [6, 6.07) is 35.2. The van der Waals surface area contributed by atoms with E-state index in [0.717, 1.165) is 6.42 Å². The summed E-state index contributed by atoms with van der Waals surface area (Å²) in [5, 5.41) is 0. The second-order valence-corrected chi connectivity index (χ2v) is 14.7. The molecule has 6 rings (SSSR count). The molecule has 2 nitrogen and oxygen atoms in total.